The number of nitrogens with zero attached hydrogens (tertiary/aromatic N) is 4. The van der Waals surface area contributed by atoms with E-state index in [1.165, 1.54) is 24.3 Å². The Kier molecular flexibility index (Phi) is 4.75. The van der Waals surface area contributed by atoms with E-state index >= 15 is 0 Å². The van der Waals surface area contributed by atoms with Crippen LogP contribution in [0.1, 0.15) is 21.7 Å². The third-order valence-corrected chi connectivity index (χ3v) is 5.06. The van der Waals surface area contributed by atoms with Crippen molar-refractivity contribution in [3.63, 3.8) is 0 Å². The van der Waals surface area contributed by atoms with Crippen LogP contribution in [0.15, 0.2) is 54.6 Å². The zero-order chi connectivity index (χ0) is 21.4. The highest BCUT2D eigenvalue weighted by molar-refractivity contribution is 6.13. The largest absolute Gasteiger partial charge is 0.322 e. The molecule has 0 aliphatic rings. The lowest BCUT2D eigenvalue weighted by Gasteiger charge is -2.11. The minimum Gasteiger partial charge on any atom is -0.322 e. The number of hydrogen-bond donors (Lipinski definition) is 1. The number of carbonyl (C=O) groups is 1. The first-order valence-corrected chi connectivity index (χ1v) is 9.31. The highest BCUT2D eigenvalue weighted by Crippen LogP contribution is 2.29. The Morgan fingerprint density at radius 1 is 1.10 bits per heavy atom. The highest BCUT2D eigenvalue weighted by atomic mass is 16.6. The van der Waals surface area contributed by atoms with Crippen LogP contribution in [0.2, 0.25) is 0 Å². The number of fused-ring (bicyclic) bond motifs is 1. The quantitative estimate of drug-likeness (QED) is 0.403. The molecule has 0 bridgehead atoms. The maximum Gasteiger partial charge on any atom is 0.269 e. The Hall–Kier alpha value is -4.07. The van der Waals surface area contributed by atoms with Gasteiger partial charge in [-0.1, -0.05) is 18.2 Å². The molecule has 1 amide bonds. The van der Waals surface area contributed by atoms with Crippen molar-refractivity contribution < 1.29 is 9.72 Å². The number of non-ortho nitro benzene ring substituents is 1. The molecular formula is C22H19N5O3. The molecule has 4 aromatic rings. The lowest BCUT2D eigenvalue weighted by atomic mass is 10.0. The van der Waals surface area contributed by atoms with Crippen molar-refractivity contribution in [2.75, 3.05) is 5.32 Å². The molecule has 8 heteroatoms. The molecule has 30 heavy (non-hydrogen) atoms. The van der Waals surface area contributed by atoms with E-state index in [0.29, 0.717) is 22.5 Å². The van der Waals surface area contributed by atoms with Crippen LogP contribution in [-0.2, 0) is 7.05 Å². The number of carbonyl (C=O) groups excluding carboxylic acids is 1. The number of hydrogen-bond acceptors (Lipinski definition) is 5. The average molecular weight is 401 g/mol. The smallest absolute Gasteiger partial charge is 0.269 e. The second kappa shape index (κ2) is 7.40. The van der Waals surface area contributed by atoms with Gasteiger partial charge in [0.1, 0.15) is 0 Å². The summed E-state index contributed by atoms with van der Waals surface area (Å²) in [6.07, 6.45) is 0. The minimum absolute atomic E-state index is 0.0350. The predicted molar refractivity (Wildman–Crippen MR) is 114 cm³/mol. The van der Waals surface area contributed by atoms with Crippen molar-refractivity contribution in [1.29, 1.82) is 0 Å². The Balaban J connectivity index is 1.79. The lowest BCUT2D eigenvalue weighted by Crippen LogP contribution is -2.13. The third kappa shape index (κ3) is 3.39. The molecule has 0 fully saturated rings. The van der Waals surface area contributed by atoms with Crippen molar-refractivity contribution in [3.8, 4) is 11.3 Å². The SMILES string of the molecule is Cc1nn(C)c(C)c1-c1cc(C(=O)Nc2ccc([N+](=O)[O-])cc2)c2ccccc2n1. The van der Waals surface area contributed by atoms with Gasteiger partial charge in [0.15, 0.2) is 0 Å². The van der Waals surface area contributed by atoms with Gasteiger partial charge in [-0.15, -0.1) is 0 Å². The zero-order valence-electron chi connectivity index (χ0n) is 16.7. The third-order valence-electron chi connectivity index (χ3n) is 5.06. The van der Waals surface area contributed by atoms with Crippen LogP contribution in [0.25, 0.3) is 22.2 Å². The first-order chi connectivity index (χ1) is 14.3. The second-order valence-corrected chi connectivity index (χ2v) is 7.00. The van der Waals surface area contributed by atoms with Crippen LogP contribution in [0, 0.1) is 24.0 Å². The molecule has 4 rings (SSSR count). The van der Waals surface area contributed by atoms with E-state index in [-0.39, 0.29) is 11.6 Å². The summed E-state index contributed by atoms with van der Waals surface area (Å²) in [7, 11) is 1.87. The summed E-state index contributed by atoms with van der Waals surface area (Å²) in [5.41, 5.74) is 4.96. The number of benzene rings is 2. The van der Waals surface area contributed by atoms with Gasteiger partial charge in [0.2, 0.25) is 0 Å². The zero-order valence-corrected chi connectivity index (χ0v) is 16.7. The molecule has 0 aliphatic carbocycles. The van der Waals surface area contributed by atoms with Gasteiger partial charge >= 0.3 is 0 Å². The van der Waals surface area contributed by atoms with Gasteiger partial charge in [-0.3, -0.25) is 19.6 Å². The van der Waals surface area contributed by atoms with Crippen LogP contribution in [0.4, 0.5) is 11.4 Å². The normalized spacial score (nSPS) is 10.9. The first kappa shape index (κ1) is 19.3. The Morgan fingerprint density at radius 3 is 2.43 bits per heavy atom. The minimum atomic E-state index is -0.479. The average Bonchev–Trinajstić information content (AvgIpc) is 2.99. The molecule has 1 N–H and O–H groups in total. The first-order valence-electron chi connectivity index (χ1n) is 9.31. The number of aromatic nitrogens is 3. The molecule has 0 atom stereocenters. The van der Waals surface area contributed by atoms with Crippen LogP contribution in [-0.4, -0.2) is 25.6 Å². The van der Waals surface area contributed by atoms with Crippen molar-refractivity contribution in [3.05, 3.63) is 81.7 Å². The Morgan fingerprint density at radius 2 is 1.80 bits per heavy atom. The number of nitrogens with one attached hydrogen (secondary N) is 1. The lowest BCUT2D eigenvalue weighted by molar-refractivity contribution is -0.384. The fraction of sp³-hybridized carbons (Fsp3) is 0.136. The number of aryl methyl sites for hydroxylation is 2. The van der Waals surface area contributed by atoms with Gasteiger partial charge in [-0.25, -0.2) is 4.98 Å². The fourth-order valence-electron chi connectivity index (χ4n) is 3.50. The molecule has 0 unspecified atom stereocenters. The van der Waals surface area contributed by atoms with E-state index in [1.807, 2.05) is 45.2 Å². The number of nitro benzene ring substituents is 1. The van der Waals surface area contributed by atoms with Crippen LogP contribution in [0.5, 0.6) is 0 Å². The van der Waals surface area contributed by atoms with Gasteiger partial charge in [0.05, 0.1) is 27.4 Å². The topological polar surface area (TPSA) is 103 Å². The number of nitro groups is 1. The number of rotatable bonds is 4. The molecule has 0 radical (unpaired) electrons. The molecule has 0 saturated carbocycles. The summed E-state index contributed by atoms with van der Waals surface area (Å²) >= 11 is 0. The van der Waals surface area contributed by atoms with Crippen molar-refractivity contribution >= 4 is 28.2 Å². The van der Waals surface area contributed by atoms with E-state index in [9.17, 15) is 14.9 Å². The Labute approximate surface area is 172 Å². The summed E-state index contributed by atoms with van der Waals surface area (Å²) in [5.74, 6) is -0.317. The maximum atomic E-state index is 13.1. The summed E-state index contributed by atoms with van der Waals surface area (Å²) < 4.78 is 1.79. The van der Waals surface area contributed by atoms with Gasteiger partial charge in [0, 0.05) is 41.5 Å². The standard InChI is InChI=1S/C22H19N5O3/c1-13-21(14(2)26(3)25-13)20-12-18(17-6-4-5-7-19(17)24-20)22(28)23-15-8-10-16(11-9-15)27(29)30/h4-12H,1-3H3,(H,23,28). The van der Waals surface area contributed by atoms with E-state index in [4.69, 9.17) is 4.98 Å². The van der Waals surface area contributed by atoms with E-state index in [0.717, 1.165) is 22.3 Å². The Bertz CT molecular complexity index is 1290. The molecule has 2 aromatic carbocycles. The summed E-state index contributed by atoms with van der Waals surface area (Å²) in [5, 5.41) is 18.8. The molecule has 2 aromatic heterocycles. The molecule has 0 saturated heterocycles. The van der Waals surface area contributed by atoms with E-state index in [1.54, 1.807) is 10.7 Å². The molecular weight excluding hydrogens is 382 g/mol. The monoisotopic (exact) mass is 401 g/mol. The second-order valence-electron chi connectivity index (χ2n) is 7.00. The van der Waals surface area contributed by atoms with E-state index < -0.39 is 4.92 Å². The molecule has 0 aliphatic heterocycles. The van der Waals surface area contributed by atoms with Gasteiger partial charge in [0.25, 0.3) is 11.6 Å². The maximum absolute atomic E-state index is 13.1. The molecule has 150 valence electrons. The summed E-state index contributed by atoms with van der Waals surface area (Å²) in [6, 6.07) is 14.9. The number of amides is 1. The fourth-order valence-corrected chi connectivity index (χ4v) is 3.50. The molecule has 0 spiro atoms. The molecule has 2 heterocycles. The van der Waals surface area contributed by atoms with Gasteiger partial charge in [-0.2, -0.15) is 5.10 Å². The highest BCUT2D eigenvalue weighted by Gasteiger charge is 2.18. The van der Waals surface area contributed by atoms with Crippen molar-refractivity contribution in [2.24, 2.45) is 7.05 Å². The van der Waals surface area contributed by atoms with Gasteiger partial charge in [-0.05, 0) is 38.1 Å². The van der Waals surface area contributed by atoms with Crippen LogP contribution in [0.3, 0.4) is 0 Å². The van der Waals surface area contributed by atoms with E-state index in [2.05, 4.69) is 10.4 Å². The van der Waals surface area contributed by atoms with Crippen molar-refractivity contribution in [1.82, 2.24) is 14.8 Å². The van der Waals surface area contributed by atoms with Crippen molar-refractivity contribution in [2.45, 2.75) is 13.8 Å². The summed E-state index contributed by atoms with van der Waals surface area (Å²) in [4.78, 5) is 28.2. The van der Waals surface area contributed by atoms with Gasteiger partial charge < -0.3 is 5.32 Å². The number of anilines is 1. The number of para-hydroxylation sites is 1. The number of pyridine rings is 1. The van der Waals surface area contributed by atoms with Crippen LogP contribution >= 0.6 is 0 Å². The summed E-state index contributed by atoms with van der Waals surface area (Å²) in [6.45, 7) is 3.87. The predicted octanol–water partition coefficient (Wildman–Crippen LogP) is 4.41. The molecule has 8 nitrogen and oxygen atoms in total. The van der Waals surface area contributed by atoms with Crippen LogP contribution < -0.4 is 5.32 Å².